The number of aromatic nitrogens is 1. The molecule has 0 bridgehead atoms. The van der Waals surface area contributed by atoms with Crippen molar-refractivity contribution in [3.05, 3.63) is 101 Å². The van der Waals surface area contributed by atoms with E-state index in [4.69, 9.17) is 0 Å². The van der Waals surface area contributed by atoms with Gasteiger partial charge in [-0.3, -0.25) is 14.4 Å². The van der Waals surface area contributed by atoms with Crippen LogP contribution < -0.4 is 0 Å². The van der Waals surface area contributed by atoms with Crippen molar-refractivity contribution in [3.63, 3.8) is 0 Å². The Kier molecular flexibility index (Phi) is 7.07. The van der Waals surface area contributed by atoms with Gasteiger partial charge in [0.05, 0.1) is 11.6 Å². The molecule has 2 aromatic carbocycles. The van der Waals surface area contributed by atoms with Crippen LogP contribution in [0.3, 0.4) is 0 Å². The standard InChI is InChI=1S/C28H28N2O4/c1-20-11-13-22(14-12-20)26(31)25-10-5-16-29(25)15-3-7-21-6-2-8-23(18-21)27(32)30-17-4-9-24(19-30)28(33)34/h2-3,5-8,10-14,16,18,24H,4,9,15,17,19H2,1H3,(H,33,34)/b7-3+. The summed E-state index contributed by atoms with van der Waals surface area (Å²) in [5.74, 6) is -1.51. The molecule has 0 radical (unpaired) electrons. The van der Waals surface area contributed by atoms with Crippen molar-refractivity contribution >= 4 is 23.7 Å². The highest BCUT2D eigenvalue weighted by Gasteiger charge is 2.28. The largest absolute Gasteiger partial charge is 0.481 e. The average Bonchev–Trinajstić information content (AvgIpc) is 3.32. The van der Waals surface area contributed by atoms with Gasteiger partial charge in [-0.2, -0.15) is 0 Å². The third kappa shape index (κ3) is 5.34. The van der Waals surface area contributed by atoms with Gasteiger partial charge in [0, 0.05) is 37.0 Å². The number of carbonyl (C=O) groups excluding carboxylic acids is 2. The maximum Gasteiger partial charge on any atom is 0.308 e. The summed E-state index contributed by atoms with van der Waals surface area (Å²) in [5, 5.41) is 9.29. The fraction of sp³-hybridized carbons (Fsp3) is 0.250. The van der Waals surface area contributed by atoms with Gasteiger partial charge in [0.1, 0.15) is 0 Å². The number of hydrogen-bond donors (Lipinski definition) is 1. The minimum absolute atomic E-state index is 0.0211. The van der Waals surface area contributed by atoms with Crippen molar-refractivity contribution in [2.45, 2.75) is 26.3 Å². The molecular weight excluding hydrogens is 428 g/mol. The van der Waals surface area contributed by atoms with Gasteiger partial charge in [-0.1, -0.05) is 54.1 Å². The second-order valence-electron chi connectivity index (χ2n) is 8.70. The van der Waals surface area contributed by atoms with Crippen molar-refractivity contribution in [1.29, 1.82) is 0 Å². The number of carbonyl (C=O) groups is 3. The maximum atomic E-state index is 12.9. The van der Waals surface area contributed by atoms with Crippen LogP contribution in [0.15, 0.2) is 72.9 Å². The lowest BCUT2D eigenvalue weighted by Crippen LogP contribution is -2.42. The van der Waals surface area contributed by atoms with E-state index >= 15 is 0 Å². The Bertz CT molecular complexity index is 1220. The number of aliphatic carboxylic acids is 1. The fourth-order valence-corrected chi connectivity index (χ4v) is 4.26. The number of aryl methyl sites for hydroxylation is 1. The number of carboxylic acids is 1. The zero-order valence-electron chi connectivity index (χ0n) is 19.2. The van der Waals surface area contributed by atoms with E-state index in [0.29, 0.717) is 42.8 Å². The van der Waals surface area contributed by atoms with Crippen LogP contribution in [0, 0.1) is 12.8 Å². The molecule has 0 aliphatic carbocycles. The van der Waals surface area contributed by atoms with Crippen LogP contribution in [0.2, 0.25) is 0 Å². The molecule has 0 saturated carbocycles. The highest BCUT2D eigenvalue weighted by atomic mass is 16.4. The average molecular weight is 457 g/mol. The summed E-state index contributed by atoms with van der Waals surface area (Å²) in [6, 6.07) is 18.5. The van der Waals surface area contributed by atoms with Gasteiger partial charge in [0.2, 0.25) is 5.78 Å². The lowest BCUT2D eigenvalue weighted by Gasteiger charge is -2.30. The van der Waals surface area contributed by atoms with Crippen molar-refractivity contribution in [3.8, 4) is 0 Å². The Morgan fingerprint density at radius 2 is 1.82 bits per heavy atom. The van der Waals surface area contributed by atoms with Crippen LogP contribution >= 0.6 is 0 Å². The molecule has 174 valence electrons. The number of piperidine rings is 1. The number of benzene rings is 2. The fourth-order valence-electron chi connectivity index (χ4n) is 4.26. The quantitative estimate of drug-likeness (QED) is 0.524. The number of allylic oxidation sites excluding steroid dienone is 1. The zero-order chi connectivity index (χ0) is 24.1. The van der Waals surface area contributed by atoms with Gasteiger partial charge in [-0.05, 0) is 49.6 Å². The SMILES string of the molecule is Cc1ccc(C(=O)c2cccn2C/C=C/c2cccc(C(=O)N3CCCC(C(=O)O)C3)c2)cc1. The van der Waals surface area contributed by atoms with Crippen molar-refractivity contribution in [1.82, 2.24) is 9.47 Å². The summed E-state index contributed by atoms with van der Waals surface area (Å²) in [4.78, 5) is 38.8. The van der Waals surface area contributed by atoms with Crippen LogP contribution in [-0.2, 0) is 11.3 Å². The van der Waals surface area contributed by atoms with Crippen molar-refractivity contribution in [2.75, 3.05) is 13.1 Å². The van der Waals surface area contributed by atoms with Gasteiger partial charge in [-0.25, -0.2) is 0 Å². The van der Waals surface area contributed by atoms with E-state index in [-0.39, 0.29) is 18.2 Å². The molecule has 34 heavy (non-hydrogen) atoms. The molecule has 1 unspecified atom stereocenters. The highest BCUT2D eigenvalue weighted by molar-refractivity contribution is 6.08. The summed E-state index contributed by atoms with van der Waals surface area (Å²) in [5.41, 5.74) is 3.80. The van der Waals surface area contributed by atoms with Gasteiger partial charge < -0.3 is 14.6 Å². The van der Waals surface area contributed by atoms with E-state index in [0.717, 1.165) is 11.1 Å². The number of hydrogen-bond acceptors (Lipinski definition) is 3. The summed E-state index contributed by atoms with van der Waals surface area (Å²) in [6.07, 6.45) is 7.06. The first-order valence-corrected chi connectivity index (χ1v) is 11.5. The first-order chi connectivity index (χ1) is 16.4. The first-order valence-electron chi connectivity index (χ1n) is 11.5. The van der Waals surface area contributed by atoms with Crippen molar-refractivity contribution in [2.24, 2.45) is 5.92 Å². The lowest BCUT2D eigenvalue weighted by molar-refractivity contribution is -0.143. The molecule has 1 amide bonds. The van der Waals surface area contributed by atoms with E-state index in [1.165, 1.54) is 0 Å². The molecule has 2 heterocycles. The van der Waals surface area contributed by atoms with Crippen LogP contribution in [0.1, 0.15) is 50.4 Å². The molecule has 4 rings (SSSR count). The second kappa shape index (κ2) is 10.3. The maximum absolute atomic E-state index is 12.9. The molecule has 6 nitrogen and oxygen atoms in total. The van der Waals surface area contributed by atoms with E-state index < -0.39 is 11.9 Å². The molecule has 6 heteroatoms. The predicted molar refractivity (Wildman–Crippen MR) is 131 cm³/mol. The minimum Gasteiger partial charge on any atom is -0.481 e. The lowest BCUT2D eigenvalue weighted by atomic mass is 9.97. The van der Waals surface area contributed by atoms with E-state index in [1.54, 1.807) is 11.0 Å². The molecule has 3 aromatic rings. The van der Waals surface area contributed by atoms with Gasteiger partial charge in [0.15, 0.2) is 0 Å². The number of carboxylic acid groups (broad SMARTS) is 1. The number of ketones is 1. The third-order valence-corrected chi connectivity index (χ3v) is 6.18. The molecule has 0 spiro atoms. The molecule has 1 aliphatic heterocycles. The number of rotatable bonds is 7. The zero-order valence-corrected chi connectivity index (χ0v) is 19.2. The summed E-state index contributed by atoms with van der Waals surface area (Å²) in [6.45, 7) is 3.34. The molecule has 1 aliphatic rings. The van der Waals surface area contributed by atoms with Crippen LogP contribution in [0.5, 0.6) is 0 Å². The van der Waals surface area contributed by atoms with Gasteiger partial charge >= 0.3 is 5.97 Å². The Balaban J connectivity index is 1.43. The van der Waals surface area contributed by atoms with E-state index in [2.05, 4.69) is 0 Å². The first kappa shape index (κ1) is 23.2. The summed E-state index contributed by atoms with van der Waals surface area (Å²) >= 11 is 0. The highest BCUT2D eigenvalue weighted by Crippen LogP contribution is 2.20. The number of amides is 1. The second-order valence-corrected chi connectivity index (χ2v) is 8.70. The van der Waals surface area contributed by atoms with Crippen LogP contribution in [-0.4, -0.2) is 45.3 Å². The molecule has 1 atom stereocenters. The van der Waals surface area contributed by atoms with Crippen molar-refractivity contribution < 1.29 is 19.5 Å². The third-order valence-electron chi connectivity index (χ3n) is 6.18. The molecule has 1 aromatic heterocycles. The predicted octanol–water partition coefficient (Wildman–Crippen LogP) is 4.68. The minimum atomic E-state index is -0.848. The van der Waals surface area contributed by atoms with Gasteiger partial charge in [-0.15, -0.1) is 0 Å². The number of nitrogens with zero attached hydrogens (tertiary/aromatic N) is 2. The normalized spacial score (nSPS) is 16.0. The Labute approximate surface area is 199 Å². The Morgan fingerprint density at radius 1 is 1.03 bits per heavy atom. The molecular formula is C28H28N2O4. The number of likely N-dealkylation sites (tertiary alicyclic amines) is 1. The smallest absolute Gasteiger partial charge is 0.308 e. The van der Waals surface area contributed by atoms with Gasteiger partial charge in [0.25, 0.3) is 5.91 Å². The molecule has 1 N–H and O–H groups in total. The Morgan fingerprint density at radius 3 is 2.59 bits per heavy atom. The van der Waals surface area contributed by atoms with E-state index in [1.807, 2.05) is 84.4 Å². The monoisotopic (exact) mass is 456 g/mol. The van der Waals surface area contributed by atoms with Crippen LogP contribution in [0.25, 0.3) is 6.08 Å². The Hall–Kier alpha value is -3.93. The van der Waals surface area contributed by atoms with E-state index in [9.17, 15) is 19.5 Å². The molecule has 1 fully saturated rings. The summed E-state index contributed by atoms with van der Waals surface area (Å²) < 4.78 is 1.90. The summed E-state index contributed by atoms with van der Waals surface area (Å²) in [7, 11) is 0. The van der Waals surface area contributed by atoms with Crippen LogP contribution in [0.4, 0.5) is 0 Å². The topological polar surface area (TPSA) is 79.6 Å². The molecule has 1 saturated heterocycles.